The summed E-state index contributed by atoms with van der Waals surface area (Å²) in [5.74, 6) is -0.812. The fraction of sp³-hybridized carbons (Fsp3) is 0.167. The molecule has 0 heterocycles. The smallest absolute Gasteiger partial charge is 0.365 e. The van der Waals surface area contributed by atoms with Crippen LogP contribution in [0.5, 0.6) is 0 Å². The molecule has 0 atom stereocenters. The van der Waals surface area contributed by atoms with Crippen molar-refractivity contribution in [1.82, 2.24) is 10.2 Å². The Morgan fingerprint density at radius 2 is 1.90 bits per heavy atom. The van der Waals surface area contributed by atoms with E-state index < -0.39 is 11.2 Å². The SMILES string of the molecule is COC(=S)N(C)N(OC(=O)c1ccc(C#N)cc1)C(=O)S. The average molecular weight is 325 g/mol. The van der Waals surface area contributed by atoms with Gasteiger partial charge in [0.25, 0.3) is 5.17 Å². The van der Waals surface area contributed by atoms with Crippen molar-refractivity contribution in [2.24, 2.45) is 0 Å². The van der Waals surface area contributed by atoms with E-state index in [1.807, 2.05) is 6.07 Å². The van der Waals surface area contributed by atoms with E-state index in [1.54, 1.807) is 0 Å². The third-order valence-electron chi connectivity index (χ3n) is 2.29. The number of hydrogen-bond acceptors (Lipinski definition) is 6. The number of nitriles is 1. The van der Waals surface area contributed by atoms with Crippen LogP contribution in [0, 0.1) is 11.3 Å². The Bertz CT molecular complexity index is 598. The molecule has 21 heavy (non-hydrogen) atoms. The molecule has 0 spiro atoms. The lowest BCUT2D eigenvalue weighted by Gasteiger charge is -2.28. The second kappa shape index (κ2) is 7.47. The quantitative estimate of drug-likeness (QED) is 0.478. The molecule has 0 aromatic heterocycles. The predicted octanol–water partition coefficient (Wildman–Crippen LogP) is 1.76. The molecule has 0 fully saturated rings. The van der Waals surface area contributed by atoms with E-state index >= 15 is 0 Å². The summed E-state index contributed by atoms with van der Waals surface area (Å²) in [6.45, 7) is 0. The zero-order valence-corrected chi connectivity index (χ0v) is 12.9. The van der Waals surface area contributed by atoms with Crippen LogP contribution in [0.4, 0.5) is 4.79 Å². The zero-order chi connectivity index (χ0) is 16.0. The number of thiocarbonyl (C=S) groups is 1. The summed E-state index contributed by atoms with van der Waals surface area (Å²) >= 11 is 8.42. The van der Waals surface area contributed by atoms with Crippen LogP contribution >= 0.6 is 24.8 Å². The summed E-state index contributed by atoms with van der Waals surface area (Å²) in [4.78, 5) is 28.2. The summed E-state index contributed by atoms with van der Waals surface area (Å²) < 4.78 is 4.76. The van der Waals surface area contributed by atoms with E-state index in [0.717, 1.165) is 5.01 Å². The molecule has 0 radical (unpaired) electrons. The third-order valence-corrected chi connectivity index (χ3v) is 2.90. The second-order valence-electron chi connectivity index (χ2n) is 3.62. The first kappa shape index (κ1) is 16.7. The lowest BCUT2D eigenvalue weighted by molar-refractivity contribution is -0.157. The Hall–Kier alpha value is -2.31. The van der Waals surface area contributed by atoms with Crippen LogP contribution in [0.1, 0.15) is 15.9 Å². The van der Waals surface area contributed by atoms with E-state index in [2.05, 4.69) is 12.6 Å². The lowest BCUT2D eigenvalue weighted by atomic mass is 10.1. The van der Waals surface area contributed by atoms with Gasteiger partial charge >= 0.3 is 11.2 Å². The van der Waals surface area contributed by atoms with Crippen molar-refractivity contribution in [3.8, 4) is 6.07 Å². The van der Waals surface area contributed by atoms with Crippen molar-refractivity contribution in [2.75, 3.05) is 14.2 Å². The maximum Gasteiger partial charge on any atom is 0.365 e. The topological polar surface area (TPSA) is 82.9 Å². The molecule has 0 aliphatic rings. The molecule has 0 N–H and O–H groups in total. The molecule has 0 aliphatic heterocycles. The standard InChI is InChI=1S/C12H11N3O4S2/c1-14(12(21)18-2)15(11(17)20)19-10(16)9-5-3-8(7-13)4-6-9/h3-6H,1-2H3,(H,17,20). The number of hydrogen-bond donors (Lipinski definition) is 1. The number of rotatable bonds is 1. The fourth-order valence-corrected chi connectivity index (χ4v) is 1.50. The first-order chi connectivity index (χ1) is 9.90. The molecule has 0 bridgehead atoms. The van der Waals surface area contributed by atoms with Crippen molar-refractivity contribution in [3.05, 3.63) is 35.4 Å². The zero-order valence-electron chi connectivity index (χ0n) is 11.1. The minimum atomic E-state index is -0.862. The van der Waals surface area contributed by atoms with Gasteiger partial charge in [0.15, 0.2) is 0 Å². The Labute approximate surface area is 132 Å². The number of hydroxylamine groups is 1. The number of carbonyl (C=O) groups is 2. The van der Waals surface area contributed by atoms with Gasteiger partial charge in [-0.05, 0) is 36.5 Å². The monoisotopic (exact) mass is 325 g/mol. The highest BCUT2D eigenvalue weighted by Gasteiger charge is 2.24. The first-order valence-electron chi connectivity index (χ1n) is 5.47. The molecule has 1 aromatic rings. The highest BCUT2D eigenvalue weighted by atomic mass is 32.1. The normalized spacial score (nSPS) is 9.24. The number of carbonyl (C=O) groups excluding carboxylic acids is 2. The van der Waals surface area contributed by atoms with E-state index in [-0.39, 0.29) is 10.7 Å². The van der Waals surface area contributed by atoms with Crippen molar-refractivity contribution in [3.63, 3.8) is 0 Å². The largest absolute Gasteiger partial charge is 0.473 e. The van der Waals surface area contributed by atoms with Crippen LogP contribution < -0.4 is 0 Å². The van der Waals surface area contributed by atoms with Gasteiger partial charge in [0.1, 0.15) is 0 Å². The van der Waals surface area contributed by atoms with E-state index in [4.69, 9.17) is 27.1 Å². The summed E-state index contributed by atoms with van der Waals surface area (Å²) in [6.07, 6.45) is 0. The fourth-order valence-electron chi connectivity index (χ4n) is 1.25. The number of benzene rings is 1. The van der Waals surface area contributed by atoms with Gasteiger partial charge in [0, 0.05) is 7.05 Å². The van der Waals surface area contributed by atoms with Gasteiger partial charge in [0.2, 0.25) is 0 Å². The first-order valence-corrected chi connectivity index (χ1v) is 6.33. The summed E-state index contributed by atoms with van der Waals surface area (Å²) in [6, 6.07) is 7.62. The van der Waals surface area contributed by atoms with Gasteiger partial charge in [-0.2, -0.15) is 5.26 Å². The molecular weight excluding hydrogens is 314 g/mol. The number of amides is 1. The van der Waals surface area contributed by atoms with Crippen LogP contribution in [0.3, 0.4) is 0 Å². The Kier molecular flexibility index (Phi) is 5.95. The van der Waals surface area contributed by atoms with Gasteiger partial charge in [-0.3, -0.25) is 4.79 Å². The molecule has 0 saturated heterocycles. The number of methoxy groups -OCH3 is 1. The third kappa shape index (κ3) is 4.34. The van der Waals surface area contributed by atoms with E-state index in [1.165, 1.54) is 38.4 Å². The maximum absolute atomic E-state index is 11.9. The van der Waals surface area contributed by atoms with Crippen LogP contribution in [0.25, 0.3) is 0 Å². The van der Waals surface area contributed by atoms with Gasteiger partial charge < -0.3 is 9.57 Å². The number of hydrazine groups is 1. The summed E-state index contributed by atoms with van der Waals surface area (Å²) in [5.41, 5.74) is 0.552. The molecule has 110 valence electrons. The minimum absolute atomic E-state index is 0.0926. The second-order valence-corrected chi connectivity index (χ2v) is 4.35. The van der Waals surface area contributed by atoms with Crippen LogP contribution in [0.15, 0.2) is 24.3 Å². The average Bonchev–Trinajstić information content (AvgIpc) is 2.50. The van der Waals surface area contributed by atoms with Gasteiger partial charge in [-0.15, -0.1) is 0 Å². The molecule has 7 nitrogen and oxygen atoms in total. The molecule has 1 aromatic carbocycles. The highest BCUT2D eigenvalue weighted by Crippen LogP contribution is 2.10. The Balaban J connectivity index is 2.88. The highest BCUT2D eigenvalue weighted by molar-refractivity contribution is 7.96. The number of nitrogens with zero attached hydrogens (tertiary/aromatic N) is 3. The molecule has 0 saturated carbocycles. The maximum atomic E-state index is 11.9. The summed E-state index contributed by atoms with van der Waals surface area (Å²) in [7, 11) is 2.68. The lowest BCUT2D eigenvalue weighted by Crippen LogP contribution is -2.46. The van der Waals surface area contributed by atoms with Gasteiger partial charge in [-0.1, -0.05) is 17.8 Å². The number of thiol groups is 1. The van der Waals surface area contributed by atoms with Gasteiger partial charge in [-0.25, -0.2) is 9.80 Å². The predicted molar refractivity (Wildman–Crippen MR) is 80.2 cm³/mol. The molecule has 1 rings (SSSR count). The number of ether oxygens (including phenoxy) is 1. The van der Waals surface area contributed by atoms with Crippen molar-refractivity contribution in [2.45, 2.75) is 0 Å². The molecule has 1 amide bonds. The van der Waals surface area contributed by atoms with Gasteiger partial charge in [0.05, 0.1) is 24.3 Å². The van der Waals surface area contributed by atoms with Crippen LogP contribution in [0.2, 0.25) is 0 Å². The minimum Gasteiger partial charge on any atom is -0.473 e. The molecular formula is C12H11N3O4S2. The molecule has 0 aliphatic carbocycles. The van der Waals surface area contributed by atoms with E-state index in [0.29, 0.717) is 10.7 Å². The molecule has 0 unspecified atom stereocenters. The Morgan fingerprint density at radius 1 is 1.33 bits per heavy atom. The Morgan fingerprint density at radius 3 is 2.33 bits per heavy atom. The van der Waals surface area contributed by atoms with Crippen molar-refractivity contribution < 1.29 is 19.2 Å². The van der Waals surface area contributed by atoms with Crippen molar-refractivity contribution >= 4 is 41.2 Å². The van der Waals surface area contributed by atoms with Crippen LogP contribution in [-0.4, -0.2) is 40.7 Å². The summed E-state index contributed by atoms with van der Waals surface area (Å²) in [5, 5.41) is 9.28. The van der Waals surface area contributed by atoms with Crippen LogP contribution in [-0.2, 0) is 9.57 Å². The van der Waals surface area contributed by atoms with E-state index in [9.17, 15) is 9.59 Å². The molecule has 9 heteroatoms. The van der Waals surface area contributed by atoms with Crippen molar-refractivity contribution in [1.29, 1.82) is 5.26 Å².